The summed E-state index contributed by atoms with van der Waals surface area (Å²) < 4.78 is 1.32. The number of rotatable bonds is 2. The minimum absolute atomic E-state index is 0.0455. The van der Waals surface area contributed by atoms with E-state index in [9.17, 15) is 4.79 Å². The van der Waals surface area contributed by atoms with E-state index in [0.29, 0.717) is 6.54 Å². The third-order valence-corrected chi connectivity index (χ3v) is 2.81. The number of hydrogen-bond donors (Lipinski definition) is 1. The van der Waals surface area contributed by atoms with Crippen molar-refractivity contribution < 1.29 is 9.90 Å². The summed E-state index contributed by atoms with van der Waals surface area (Å²) in [6, 6.07) is 0. The molecule has 0 aromatic heterocycles. The van der Waals surface area contributed by atoms with Crippen LogP contribution in [0, 0.1) is 0 Å². The average molecular weight is 281 g/mol. The number of carbonyl (C=O) groups is 1. The molecule has 1 aliphatic rings. The molecule has 1 aliphatic heterocycles. The molecule has 1 amide bonds. The third kappa shape index (κ3) is 2.75. The van der Waals surface area contributed by atoms with Crippen molar-refractivity contribution in [1.82, 2.24) is 4.90 Å². The number of halogens is 1. The summed E-state index contributed by atoms with van der Waals surface area (Å²) in [5.74, 6) is 0.0534. The van der Waals surface area contributed by atoms with Crippen LogP contribution in [0.1, 0.15) is 12.8 Å². The fraction of sp³-hybridized carbons (Fsp3) is 0.625. The van der Waals surface area contributed by atoms with Crippen LogP contribution in [-0.4, -0.2) is 35.6 Å². The molecule has 0 spiro atoms. The van der Waals surface area contributed by atoms with Gasteiger partial charge < -0.3 is 10.0 Å². The van der Waals surface area contributed by atoms with E-state index >= 15 is 0 Å². The lowest BCUT2D eigenvalue weighted by atomic mass is 10.2. The highest BCUT2D eigenvalue weighted by Crippen LogP contribution is 2.16. The van der Waals surface area contributed by atoms with Crippen molar-refractivity contribution in [2.45, 2.75) is 12.8 Å². The van der Waals surface area contributed by atoms with Gasteiger partial charge in [-0.25, -0.2) is 0 Å². The van der Waals surface area contributed by atoms with Crippen molar-refractivity contribution in [3.8, 4) is 0 Å². The molecule has 0 saturated heterocycles. The van der Waals surface area contributed by atoms with Gasteiger partial charge in [0.25, 0.3) is 0 Å². The number of aliphatic hydroxyl groups excluding tert-OH is 1. The molecule has 0 unspecified atom stereocenters. The van der Waals surface area contributed by atoms with E-state index in [1.165, 1.54) is 3.58 Å². The second-order valence-corrected chi connectivity index (χ2v) is 4.10. The zero-order valence-corrected chi connectivity index (χ0v) is 8.95. The van der Waals surface area contributed by atoms with E-state index in [1.54, 1.807) is 4.90 Å². The van der Waals surface area contributed by atoms with E-state index in [0.717, 1.165) is 13.0 Å². The van der Waals surface area contributed by atoms with Crippen LogP contribution in [-0.2, 0) is 4.79 Å². The lowest BCUT2D eigenvalue weighted by Gasteiger charge is -2.24. The molecule has 0 atom stereocenters. The van der Waals surface area contributed by atoms with Gasteiger partial charge in [-0.2, -0.15) is 0 Å². The van der Waals surface area contributed by atoms with Crippen LogP contribution >= 0.6 is 22.6 Å². The van der Waals surface area contributed by atoms with Gasteiger partial charge in [0, 0.05) is 19.5 Å². The first-order valence-electron chi connectivity index (χ1n) is 3.97. The minimum Gasteiger partial charge on any atom is -0.396 e. The van der Waals surface area contributed by atoms with Crippen LogP contribution in [0.4, 0.5) is 0 Å². The fourth-order valence-electron chi connectivity index (χ4n) is 1.12. The Balaban J connectivity index is 2.40. The standard InChI is InChI=1S/C8H12INO2/c9-7-1-4-10(5-2-7)8(12)3-6-11/h1,11H,2-6H2. The van der Waals surface area contributed by atoms with Gasteiger partial charge in [0.2, 0.25) is 5.91 Å². The molecular weight excluding hydrogens is 269 g/mol. The number of amides is 1. The van der Waals surface area contributed by atoms with Crippen molar-refractivity contribution in [1.29, 1.82) is 0 Å². The largest absolute Gasteiger partial charge is 0.396 e. The van der Waals surface area contributed by atoms with Gasteiger partial charge in [0.1, 0.15) is 0 Å². The average Bonchev–Trinajstić information content (AvgIpc) is 2.06. The van der Waals surface area contributed by atoms with Crippen LogP contribution in [0.5, 0.6) is 0 Å². The Bertz CT molecular complexity index is 203. The first kappa shape index (κ1) is 9.98. The Morgan fingerprint density at radius 1 is 1.75 bits per heavy atom. The molecule has 0 aromatic carbocycles. The number of carbonyl (C=O) groups excluding carboxylic acids is 1. The van der Waals surface area contributed by atoms with Crippen LogP contribution in [0.3, 0.4) is 0 Å². The molecular formula is C8H12INO2. The zero-order chi connectivity index (χ0) is 8.97. The molecule has 68 valence electrons. The predicted molar refractivity (Wildman–Crippen MR) is 55.0 cm³/mol. The summed E-state index contributed by atoms with van der Waals surface area (Å²) in [5, 5.41) is 8.55. The quantitative estimate of drug-likeness (QED) is 0.765. The highest BCUT2D eigenvalue weighted by molar-refractivity contribution is 14.1. The second-order valence-electron chi connectivity index (χ2n) is 2.71. The van der Waals surface area contributed by atoms with Crippen molar-refractivity contribution in [3.63, 3.8) is 0 Å². The van der Waals surface area contributed by atoms with Gasteiger partial charge in [-0.3, -0.25) is 4.79 Å². The fourth-order valence-corrected chi connectivity index (χ4v) is 1.56. The summed E-state index contributed by atoms with van der Waals surface area (Å²) in [6.07, 6.45) is 3.27. The summed E-state index contributed by atoms with van der Waals surface area (Å²) in [6.45, 7) is 1.46. The molecule has 1 heterocycles. The minimum atomic E-state index is -0.0455. The monoisotopic (exact) mass is 281 g/mol. The zero-order valence-electron chi connectivity index (χ0n) is 6.79. The summed E-state index contributed by atoms with van der Waals surface area (Å²) >= 11 is 2.29. The lowest BCUT2D eigenvalue weighted by Crippen LogP contribution is -2.34. The van der Waals surface area contributed by atoms with Crippen molar-refractivity contribution >= 4 is 28.5 Å². The van der Waals surface area contributed by atoms with Crippen LogP contribution < -0.4 is 0 Å². The van der Waals surface area contributed by atoms with Crippen LogP contribution in [0.15, 0.2) is 9.66 Å². The Morgan fingerprint density at radius 2 is 2.50 bits per heavy atom. The van der Waals surface area contributed by atoms with E-state index in [-0.39, 0.29) is 18.9 Å². The lowest BCUT2D eigenvalue weighted by molar-refractivity contribution is -0.131. The Kier molecular flexibility index (Phi) is 4.00. The number of hydrogen-bond acceptors (Lipinski definition) is 2. The molecule has 0 aliphatic carbocycles. The van der Waals surface area contributed by atoms with Gasteiger partial charge in [-0.05, 0) is 32.6 Å². The first-order valence-corrected chi connectivity index (χ1v) is 5.05. The third-order valence-electron chi connectivity index (χ3n) is 1.83. The topological polar surface area (TPSA) is 40.5 Å². The smallest absolute Gasteiger partial charge is 0.225 e. The maximum atomic E-state index is 11.2. The molecule has 4 heteroatoms. The Morgan fingerprint density at radius 3 is 3.00 bits per heavy atom. The van der Waals surface area contributed by atoms with Crippen LogP contribution in [0.25, 0.3) is 0 Å². The molecule has 0 bridgehead atoms. The van der Waals surface area contributed by atoms with Crippen LogP contribution in [0.2, 0.25) is 0 Å². The second kappa shape index (κ2) is 4.81. The van der Waals surface area contributed by atoms with Crippen molar-refractivity contribution in [2.24, 2.45) is 0 Å². The molecule has 0 aromatic rings. The Labute approximate surface area is 85.6 Å². The summed E-state index contributed by atoms with van der Waals surface area (Å²) in [5.41, 5.74) is 0. The molecule has 1 rings (SSSR count). The highest BCUT2D eigenvalue weighted by atomic mass is 127. The van der Waals surface area contributed by atoms with Gasteiger partial charge in [-0.1, -0.05) is 6.08 Å². The van der Waals surface area contributed by atoms with Gasteiger partial charge in [0.05, 0.1) is 6.61 Å². The molecule has 0 fully saturated rings. The molecule has 1 N–H and O–H groups in total. The Hall–Kier alpha value is -0.100. The molecule has 12 heavy (non-hydrogen) atoms. The highest BCUT2D eigenvalue weighted by Gasteiger charge is 2.14. The number of aliphatic hydroxyl groups is 1. The van der Waals surface area contributed by atoms with E-state index in [2.05, 4.69) is 28.7 Å². The maximum absolute atomic E-state index is 11.2. The van der Waals surface area contributed by atoms with E-state index in [1.807, 2.05) is 0 Å². The molecule has 3 nitrogen and oxygen atoms in total. The van der Waals surface area contributed by atoms with Crippen molar-refractivity contribution in [2.75, 3.05) is 19.7 Å². The van der Waals surface area contributed by atoms with Gasteiger partial charge >= 0.3 is 0 Å². The predicted octanol–water partition coefficient (Wildman–Crippen LogP) is 0.920. The summed E-state index contributed by atoms with van der Waals surface area (Å²) in [4.78, 5) is 13.0. The van der Waals surface area contributed by atoms with E-state index in [4.69, 9.17) is 5.11 Å². The van der Waals surface area contributed by atoms with Crippen molar-refractivity contribution in [3.05, 3.63) is 9.66 Å². The van der Waals surface area contributed by atoms with E-state index < -0.39 is 0 Å². The van der Waals surface area contributed by atoms with Gasteiger partial charge in [0.15, 0.2) is 0 Å². The molecule has 0 saturated carbocycles. The number of nitrogens with zero attached hydrogens (tertiary/aromatic N) is 1. The maximum Gasteiger partial charge on any atom is 0.225 e. The van der Waals surface area contributed by atoms with Gasteiger partial charge in [-0.15, -0.1) is 0 Å². The first-order chi connectivity index (χ1) is 5.74. The molecule has 0 radical (unpaired) electrons. The SMILES string of the molecule is O=C(CCO)N1CC=C(I)CC1. The normalized spacial score (nSPS) is 17.5. The summed E-state index contributed by atoms with van der Waals surface area (Å²) in [7, 11) is 0.